The van der Waals surface area contributed by atoms with Gasteiger partial charge in [0.25, 0.3) is 5.91 Å². The molecule has 2 aliphatic heterocycles. The average molecular weight is 502 g/mol. The molecule has 2 aromatic rings. The number of aliphatic imine (C=N–C) groups is 1. The number of hydrazone groups is 1. The molecule has 0 saturated heterocycles. The highest BCUT2D eigenvalue weighted by molar-refractivity contribution is 6.05. The Kier molecular flexibility index (Phi) is 6.23. The van der Waals surface area contributed by atoms with E-state index in [0.717, 1.165) is 12.8 Å². The molecule has 1 saturated carbocycles. The molecule has 2 heterocycles. The van der Waals surface area contributed by atoms with Gasteiger partial charge in [-0.3, -0.25) is 9.59 Å². The molecule has 3 aliphatic rings. The van der Waals surface area contributed by atoms with Crippen LogP contribution in [0.25, 0.3) is 0 Å². The maximum absolute atomic E-state index is 12.8. The van der Waals surface area contributed by atoms with Crippen LogP contribution in [0.1, 0.15) is 50.9 Å². The Morgan fingerprint density at radius 3 is 2.57 bits per heavy atom. The highest BCUT2D eigenvalue weighted by Gasteiger charge is 2.40. The van der Waals surface area contributed by atoms with Crippen LogP contribution >= 0.6 is 0 Å². The molecule has 2 N–H and O–H groups in total. The van der Waals surface area contributed by atoms with Crippen LogP contribution < -0.4 is 20.1 Å². The van der Waals surface area contributed by atoms with Crippen molar-refractivity contribution < 1.29 is 19.1 Å². The predicted molar refractivity (Wildman–Crippen MR) is 142 cm³/mol. The van der Waals surface area contributed by atoms with Gasteiger partial charge in [-0.05, 0) is 76.9 Å². The van der Waals surface area contributed by atoms with Crippen molar-refractivity contribution in [3.63, 3.8) is 0 Å². The molecular formula is C28H31N5O4. The van der Waals surface area contributed by atoms with Crippen molar-refractivity contribution in [2.45, 2.75) is 51.8 Å². The van der Waals surface area contributed by atoms with Crippen LogP contribution in [-0.2, 0) is 4.79 Å². The molecule has 2 aromatic carbocycles. The molecule has 0 bridgehead atoms. The number of ether oxygens (including phenoxy) is 2. The fourth-order valence-electron chi connectivity index (χ4n) is 4.08. The van der Waals surface area contributed by atoms with Gasteiger partial charge in [-0.25, -0.2) is 10.0 Å². The van der Waals surface area contributed by atoms with Gasteiger partial charge in [-0.15, -0.1) is 5.10 Å². The van der Waals surface area contributed by atoms with Crippen molar-refractivity contribution >= 4 is 29.2 Å². The first-order chi connectivity index (χ1) is 17.6. The number of carbonyl (C=O) groups is 2. The van der Waals surface area contributed by atoms with Crippen molar-refractivity contribution in [2.75, 3.05) is 11.9 Å². The van der Waals surface area contributed by atoms with Gasteiger partial charge in [-0.2, -0.15) is 0 Å². The zero-order valence-corrected chi connectivity index (χ0v) is 21.4. The highest BCUT2D eigenvalue weighted by atomic mass is 16.5. The van der Waals surface area contributed by atoms with E-state index >= 15 is 0 Å². The van der Waals surface area contributed by atoms with E-state index in [1.54, 1.807) is 53.5 Å². The van der Waals surface area contributed by atoms with Crippen LogP contribution in [0, 0.1) is 5.92 Å². The van der Waals surface area contributed by atoms with E-state index in [0.29, 0.717) is 41.0 Å². The number of rotatable bonds is 6. The smallest absolute Gasteiger partial charge is 0.255 e. The van der Waals surface area contributed by atoms with E-state index in [2.05, 4.69) is 20.7 Å². The van der Waals surface area contributed by atoms with Crippen LogP contribution in [0.15, 0.2) is 70.8 Å². The fourth-order valence-corrected chi connectivity index (χ4v) is 4.08. The Bertz CT molecular complexity index is 1320. The first-order valence-corrected chi connectivity index (χ1v) is 12.4. The van der Waals surface area contributed by atoms with Gasteiger partial charge in [-0.1, -0.05) is 12.1 Å². The van der Waals surface area contributed by atoms with Gasteiger partial charge in [0.2, 0.25) is 11.8 Å². The van der Waals surface area contributed by atoms with Crippen LogP contribution in [0.4, 0.5) is 5.69 Å². The molecule has 37 heavy (non-hydrogen) atoms. The molecule has 192 valence electrons. The summed E-state index contributed by atoms with van der Waals surface area (Å²) in [5, 5.41) is 12.2. The summed E-state index contributed by atoms with van der Waals surface area (Å²) < 4.78 is 11.8. The summed E-state index contributed by atoms with van der Waals surface area (Å²) in [6, 6.07) is 14.2. The minimum Gasteiger partial charge on any atom is -0.488 e. The molecule has 5 rings (SSSR count). The highest BCUT2D eigenvalue weighted by Crippen LogP contribution is 2.31. The van der Waals surface area contributed by atoms with E-state index < -0.39 is 5.66 Å². The summed E-state index contributed by atoms with van der Waals surface area (Å²) in [5.41, 5.74) is -0.00578. The Morgan fingerprint density at radius 2 is 1.81 bits per heavy atom. The van der Waals surface area contributed by atoms with Gasteiger partial charge in [0.1, 0.15) is 22.9 Å². The van der Waals surface area contributed by atoms with Gasteiger partial charge in [0.15, 0.2) is 5.66 Å². The van der Waals surface area contributed by atoms with Crippen molar-refractivity contribution in [1.82, 2.24) is 10.3 Å². The number of nitrogens with zero attached hydrogens (tertiary/aromatic N) is 3. The Balaban J connectivity index is 1.22. The number of amides is 2. The number of nitrogens with one attached hydrogen (secondary N) is 2. The summed E-state index contributed by atoms with van der Waals surface area (Å²) >= 11 is 0. The molecule has 1 unspecified atom stereocenters. The number of fused-ring (bicyclic) bond motifs is 1. The molecule has 0 spiro atoms. The second kappa shape index (κ2) is 9.38. The Labute approximate surface area is 216 Å². The van der Waals surface area contributed by atoms with E-state index in [-0.39, 0.29) is 23.3 Å². The standard InChI is InChI=1S/C28H31N5O4/c1-27(2,3)37-22-10-5-7-19(15-22)25(34)29-20-8-6-9-21(16-20)36-24-14-13-23-30-28(4,17-33(23)32-24)31-26(35)18-11-12-18/h5-10,13-16,18H,11-12,17H2,1-4H3,(H,29,34)(H,31,35). The molecule has 1 aliphatic carbocycles. The Morgan fingerprint density at radius 1 is 1.05 bits per heavy atom. The number of carbonyl (C=O) groups excluding carboxylic acids is 2. The van der Waals surface area contributed by atoms with Crippen molar-refractivity contribution in [3.05, 3.63) is 66.2 Å². The second-order valence-electron chi connectivity index (χ2n) is 10.7. The first kappa shape index (κ1) is 24.5. The molecule has 0 radical (unpaired) electrons. The molecule has 1 atom stereocenters. The van der Waals surface area contributed by atoms with Crippen LogP contribution in [-0.4, -0.2) is 46.4 Å². The lowest BCUT2D eigenvalue weighted by atomic mass is 10.1. The van der Waals surface area contributed by atoms with E-state index in [1.807, 2.05) is 39.8 Å². The molecule has 9 nitrogen and oxygen atoms in total. The van der Waals surface area contributed by atoms with E-state index in [4.69, 9.17) is 9.47 Å². The number of hydrogen-bond acceptors (Lipinski definition) is 7. The Hall–Kier alpha value is -4.14. The molecular weight excluding hydrogens is 470 g/mol. The van der Waals surface area contributed by atoms with Gasteiger partial charge in [0, 0.05) is 29.3 Å². The van der Waals surface area contributed by atoms with Crippen molar-refractivity contribution in [2.24, 2.45) is 16.0 Å². The average Bonchev–Trinajstić information content (AvgIpc) is 3.61. The lowest BCUT2D eigenvalue weighted by Crippen LogP contribution is -2.48. The largest absolute Gasteiger partial charge is 0.488 e. The number of amidine groups is 1. The summed E-state index contributed by atoms with van der Waals surface area (Å²) in [5.74, 6) is 2.11. The molecule has 2 amide bonds. The van der Waals surface area contributed by atoms with Crippen molar-refractivity contribution in [1.29, 1.82) is 0 Å². The third-order valence-corrected chi connectivity index (χ3v) is 5.85. The minimum absolute atomic E-state index is 0.0449. The summed E-state index contributed by atoms with van der Waals surface area (Å²) in [7, 11) is 0. The van der Waals surface area contributed by atoms with E-state index in [9.17, 15) is 9.59 Å². The van der Waals surface area contributed by atoms with Crippen LogP contribution in [0.5, 0.6) is 11.5 Å². The normalized spacial score (nSPS) is 20.5. The number of hydrogen-bond donors (Lipinski definition) is 2. The maximum Gasteiger partial charge on any atom is 0.255 e. The zero-order chi connectivity index (χ0) is 26.2. The van der Waals surface area contributed by atoms with Gasteiger partial charge >= 0.3 is 0 Å². The SMILES string of the molecule is CC1(NC(=O)C2CC2)CN2N=C(Oc3cccc(NC(=O)c4cccc(OC(C)(C)C)c4)c3)C=CC2=N1. The number of anilines is 1. The molecule has 0 aromatic heterocycles. The monoisotopic (exact) mass is 501 g/mol. The van der Waals surface area contributed by atoms with Crippen LogP contribution in [0.3, 0.4) is 0 Å². The van der Waals surface area contributed by atoms with Gasteiger partial charge < -0.3 is 20.1 Å². The predicted octanol–water partition coefficient (Wildman–Crippen LogP) is 4.33. The maximum atomic E-state index is 12.8. The number of benzene rings is 2. The summed E-state index contributed by atoms with van der Waals surface area (Å²) in [4.78, 5) is 29.7. The van der Waals surface area contributed by atoms with Gasteiger partial charge in [0.05, 0.1) is 6.54 Å². The third kappa shape index (κ3) is 6.17. The molecule has 1 fully saturated rings. The topological polar surface area (TPSA) is 105 Å². The fraction of sp³-hybridized carbons (Fsp3) is 0.357. The quantitative estimate of drug-likeness (QED) is 0.613. The van der Waals surface area contributed by atoms with Crippen molar-refractivity contribution in [3.8, 4) is 11.5 Å². The van der Waals surface area contributed by atoms with E-state index in [1.165, 1.54) is 0 Å². The first-order valence-electron chi connectivity index (χ1n) is 12.4. The van der Waals surface area contributed by atoms with Crippen LogP contribution in [0.2, 0.25) is 0 Å². The third-order valence-electron chi connectivity index (χ3n) is 5.85. The second-order valence-corrected chi connectivity index (χ2v) is 10.7. The lowest BCUT2D eigenvalue weighted by Gasteiger charge is -2.24. The molecule has 9 heteroatoms. The lowest BCUT2D eigenvalue weighted by molar-refractivity contribution is -0.123. The minimum atomic E-state index is -0.724. The summed E-state index contributed by atoms with van der Waals surface area (Å²) in [6.07, 6.45) is 5.43. The zero-order valence-electron chi connectivity index (χ0n) is 21.4. The summed E-state index contributed by atoms with van der Waals surface area (Å²) in [6.45, 7) is 8.19.